The number of aromatic nitrogens is 1. The van der Waals surface area contributed by atoms with Gasteiger partial charge >= 0.3 is 0 Å². The number of alkyl halides is 1. The van der Waals surface area contributed by atoms with Gasteiger partial charge in [-0.1, -0.05) is 5.92 Å². The number of rotatable bonds is 2. The minimum atomic E-state index is -0.722. The van der Waals surface area contributed by atoms with Crippen LogP contribution in [0.3, 0.4) is 0 Å². The van der Waals surface area contributed by atoms with E-state index < -0.39 is 24.6 Å². The number of benzene rings is 1. The van der Waals surface area contributed by atoms with E-state index in [4.69, 9.17) is 22.0 Å². The van der Waals surface area contributed by atoms with Gasteiger partial charge in [-0.2, -0.15) is 0 Å². The van der Waals surface area contributed by atoms with Crippen molar-refractivity contribution < 1.29 is 23.8 Å². The van der Waals surface area contributed by atoms with Crippen molar-refractivity contribution in [3.8, 4) is 29.4 Å². The van der Waals surface area contributed by atoms with E-state index in [1.54, 1.807) is 25.2 Å². The Morgan fingerprint density at radius 2 is 2.31 bits per heavy atom. The number of thiazole rings is 1. The first-order chi connectivity index (χ1) is 13.8. The second kappa shape index (κ2) is 8.59. The first-order valence-corrected chi connectivity index (χ1v) is 9.70. The number of aliphatic hydroxyl groups excluding tert-OH is 1. The molecule has 0 saturated carbocycles. The third-order valence-electron chi connectivity index (χ3n) is 4.66. The van der Waals surface area contributed by atoms with Gasteiger partial charge in [0.15, 0.2) is 5.01 Å². The van der Waals surface area contributed by atoms with Crippen LogP contribution >= 0.6 is 11.3 Å². The first kappa shape index (κ1) is 20.8. The summed E-state index contributed by atoms with van der Waals surface area (Å²) in [6.45, 7) is 0.287. The van der Waals surface area contributed by atoms with Crippen LogP contribution in [0, 0.1) is 12.3 Å². The minimum absolute atomic E-state index is 0.148. The van der Waals surface area contributed by atoms with Crippen molar-refractivity contribution in [2.45, 2.75) is 18.4 Å². The summed E-state index contributed by atoms with van der Waals surface area (Å²) in [6, 6.07) is 5.23. The fraction of sp³-hybridized carbons (Fsp3) is 0.350. The molecule has 9 heteroatoms. The van der Waals surface area contributed by atoms with Crippen LogP contribution < -0.4 is 10.5 Å². The number of hydrogen-bond acceptors (Lipinski definition) is 6. The van der Waals surface area contributed by atoms with Crippen LogP contribution in [0.25, 0.3) is 11.3 Å². The van der Waals surface area contributed by atoms with E-state index >= 15 is 0 Å². The molecule has 1 aromatic heterocycles. The number of aliphatic hydroxyl groups is 1. The van der Waals surface area contributed by atoms with Gasteiger partial charge in [0.1, 0.15) is 18.5 Å². The molecule has 1 fully saturated rings. The number of likely N-dealkylation sites (N-methyl/N-ethyl adjacent to an activating group) is 1. The number of terminal acetylenes is 1. The standard InChI is InChI=1S/C15H11FN2O2S.C5H9NO2/c1-2-8-3-4-11-10(5-8)12-13(9(6-16)7-20-11)21-15(18-12)14(17)19;1-6-3-2-4(7)5(6)8/h1,3-5,9H,6-7H2,(H2,17,19);4,7H,2-3H2,1H3. The molecule has 0 spiro atoms. The zero-order valence-corrected chi connectivity index (χ0v) is 16.5. The molecule has 29 heavy (non-hydrogen) atoms. The first-order valence-electron chi connectivity index (χ1n) is 8.89. The molecule has 2 aliphatic rings. The highest BCUT2D eigenvalue weighted by Gasteiger charge is 2.29. The number of amides is 2. The number of nitrogens with two attached hydrogens (primary N) is 1. The number of halogens is 1. The molecule has 3 N–H and O–H groups in total. The van der Waals surface area contributed by atoms with Gasteiger partial charge in [-0.25, -0.2) is 4.98 Å². The molecular weight excluding hydrogens is 397 g/mol. The average Bonchev–Trinajstić information content (AvgIpc) is 3.24. The van der Waals surface area contributed by atoms with Crippen molar-refractivity contribution in [1.29, 1.82) is 0 Å². The zero-order chi connectivity index (χ0) is 21.1. The fourth-order valence-corrected chi connectivity index (χ4v) is 4.02. The number of ether oxygens (including phenoxy) is 1. The molecule has 2 aromatic rings. The van der Waals surface area contributed by atoms with Crippen LogP contribution in [0.4, 0.5) is 4.39 Å². The average molecular weight is 417 g/mol. The van der Waals surface area contributed by atoms with Crippen LogP contribution in [-0.4, -0.2) is 59.8 Å². The molecule has 1 aromatic carbocycles. The molecule has 0 radical (unpaired) electrons. The van der Waals surface area contributed by atoms with E-state index in [0.29, 0.717) is 40.4 Å². The Morgan fingerprint density at radius 3 is 2.83 bits per heavy atom. The Bertz CT molecular complexity index is 973. The van der Waals surface area contributed by atoms with E-state index in [9.17, 15) is 14.0 Å². The molecule has 3 heterocycles. The maximum Gasteiger partial charge on any atom is 0.277 e. The number of likely N-dealkylation sites (tertiary alicyclic amines) is 1. The molecule has 7 nitrogen and oxygen atoms in total. The highest BCUT2D eigenvalue weighted by molar-refractivity contribution is 7.14. The van der Waals surface area contributed by atoms with Gasteiger partial charge in [-0.3, -0.25) is 14.0 Å². The summed E-state index contributed by atoms with van der Waals surface area (Å²) in [4.78, 5) is 28.4. The number of fused-ring (bicyclic) bond motifs is 3. The minimum Gasteiger partial charge on any atom is -0.492 e. The van der Waals surface area contributed by atoms with Crippen LogP contribution in [0.1, 0.15) is 32.6 Å². The Labute approximate surface area is 171 Å². The van der Waals surface area contributed by atoms with Gasteiger partial charge in [-0.05, 0) is 24.6 Å². The number of carbonyl (C=O) groups is 2. The molecule has 1 saturated heterocycles. The van der Waals surface area contributed by atoms with E-state index in [1.807, 2.05) is 0 Å². The van der Waals surface area contributed by atoms with Crippen LogP contribution in [0.15, 0.2) is 18.2 Å². The number of hydrogen-bond donors (Lipinski definition) is 2. The topological polar surface area (TPSA) is 106 Å². The Hall–Kier alpha value is -2.96. The smallest absolute Gasteiger partial charge is 0.277 e. The van der Waals surface area contributed by atoms with Gasteiger partial charge < -0.3 is 20.5 Å². The summed E-state index contributed by atoms with van der Waals surface area (Å²) in [7, 11) is 1.69. The normalized spacial score (nSPS) is 19.8. The lowest BCUT2D eigenvalue weighted by Gasteiger charge is -2.09. The van der Waals surface area contributed by atoms with E-state index in [0.717, 1.165) is 11.3 Å². The van der Waals surface area contributed by atoms with Crippen molar-refractivity contribution in [1.82, 2.24) is 9.88 Å². The summed E-state index contributed by atoms with van der Waals surface area (Å²) < 4.78 is 18.9. The predicted octanol–water partition coefficient (Wildman–Crippen LogP) is 1.55. The molecule has 2 aliphatic heterocycles. The Kier molecular flexibility index (Phi) is 6.15. The summed E-state index contributed by atoms with van der Waals surface area (Å²) >= 11 is 1.11. The largest absolute Gasteiger partial charge is 0.492 e. The van der Waals surface area contributed by atoms with Gasteiger partial charge in [-0.15, -0.1) is 17.8 Å². The van der Waals surface area contributed by atoms with Crippen molar-refractivity contribution in [3.05, 3.63) is 33.6 Å². The molecule has 2 atom stereocenters. The summed E-state index contributed by atoms with van der Waals surface area (Å²) in [5.41, 5.74) is 7.14. The van der Waals surface area contributed by atoms with Crippen LogP contribution in [0.5, 0.6) is 5.75 Å². The van der Waals surface area contributed by atoms with Gasteiger partial charge in [0.2, 0.25) is 0 Å². The lowest BCUT2D eigenvalue weighted by molar-refractivity contribution is -0.133. The molecule has 0 bridgehead atoms. The predicted molar refractivity (Wildman–Crippen MR) is 106 cm³/mol. The highest BCUT2D eigenvalue weighted by atomic mass is 32.1. The number of primary amides is 1. The van der Waals surface area contributed by atoms with E-state index in [-0.39, 0.29) is 17.5 Å². The quantitative estimate of drug-likeness (QED) is 0.721. The molecule has 0 aliphatic carbocycles. The van der Waals surface area contributed by atoms with Crippen molar-refractivity contribution in [3.63, 3.8) is 0 Å². The van der Waals surface area contributed by atoms with Crippen LogP contribution in [0.2, 0.25) is 0 Å². The Balaban J connectivity index is 0.000000252. The lowest BCUT2D eigenvalue weighted by atomic mass is 10.0. The zero-order valence-electron chi connectivity index (χ0n) is 15.7. The second-order valence-electron chi connectivity index (χ2n) is 6.68. The molecule has 4 rings (SSSR count). The summed E-state index contributed by atoms with van der Waals surface area (Å²) in [5, 5.41) is 8.94. The van der Waals surface area contributed by atoms with Crippen molar-refractivity contribution in [2.75, 3.05) is 26.9 Å². The summed E-state index contributed by atoms with van der Waals surface area (Å²) in [6.07, 6.45) is 5.28. The number of carbonyl (C=O) groups excluding carboxylic acids is 2. The third-order valence-corrected chi connectivity index (χ3v) is 5.89. The highest BCUT2D eigenvalue weighted by Crippen LogP contribution is 2.42. The monoisotopic (exact) mass is 417 g/mol. The SMILES string of the molecule is C#Cc1ccc2c(c1)-c1nc(C(N)=O)sc1C(CF)CO2.CN1CCC(O)C1=O. The van der Waals surface area contributed by atoms with Gasteiger partial charge in [0.05, 0.1) is 18.2 Å². The fourth-order valence-electron chi connectivity index (χ4n) is 3.02. The van der Waals surface area contributed by atoms with Gasteiger partial charge in [0, 0.05) is 29.6 Å². The molecule has 2 amide bonds. The second-order valence-corrected chi connectivity index (χ2v) is 7.71. The van der Waals surface area contributed by atoms with E-state index in [1.165, 1.54) is 4.90 Å². The van der Waals surface area contributed by atoms with Crippen LogP contribution in [-0.2, 0) is 4.79 Å². The summed E-state index contributed by atoms with van der Waals surface area (Å²) in [5.74, 6) is 1.88. The maximum absolute atomic E-state index is 13.3. The van der Waals surface area contributed by atoms with Crippen molar-refractivity contribution in [2.24, 2.45) is 5.73 Å². The third kappa shape index (κ3) is 4.23. The van der Waals surface area contributed by atoms with E-state index in [2.05, 4.69) is 10.9 Å². The molecule has 152 valence electrons. The Morgan fingerprint density at radius 1 is 1.55 bits per heavy atom. The van der Waals surface area contributed by atoms with Crippen molar-refractivity contribution >= 4 is 23.2 Å². The number of nitrogens with zero attached hydrogens (tertiary/aromatic N) is 2. The molecular formula is C20H20FN3O4S. The molecule has 2 unspecified atom stereocenters. The maximum atomic E-state index is 13.3. The lowest BCUT2D eigenvalue weighted by Crippen LogP contribution is -2.24. The van der Waals surface area contributed by atoms with Gasteiger partial charge in [0.25, 0.3) is 11.8 Å².